The number of hydrogen-bond donors (Lipinski definition) is 0. The van der Waals surface area contributed by atoms with Gasteiger partial charge < -0.3 is 0 Å². The van der Waals surface area contributed by atoms with Crippen LogP contribution in [0.1, 0.15) is 11.1 Å². The van der Waals surface area contributed by atoms with Crippen molar-refractivity contribution in [2.75, 3.05) is 0 Å². The highest BCUT2D eigenvalue weighted by Crippen LogP contribution is 2.34. The fraction of sp³-hybridized carbons (Fsp3) is 0.0909. The molecule has 1 heterocycles. The van der Waals surface area contributed by atoms with Gasteiger partial charge >= 0.3 is 0 Å². The van der Waals surface area contributed by atoms with Gasteiger partial charge in [0.25, 0.3) is 0 Å². The van der Waals surface area contributed by atoms with Gasteiger partial charge in [0, 0.05) is 17.7 Å². The van der Waals surface area contributed by atoms with Crippen LogP contribution in [-0.2, 0) is 6.42 Å². The monoisotopic (exact) mass is 182 g/mol. The third kappa shape index (κ3) is 0.987. The number of allylic oxidation sites excluding steroid dienone is 3. The van der Waals surface area contributed by atoms with Gasteiger partial charge in [-0.3, -0.25) is 4.63 Å². The maximum Gasteiger partial charge on any atom is 0.188 e. The molecule has 1 aliphatic heterocycles. The first kappa shape index (κ1) is 7.15. The van der Waals surface area contributed by atoms with E-state index in [-0.39, 0.29) is 0 Å². The maximum absolute atomic E-state index is 4.53. The van der Waals surface area contributed by atoms with Crippen LogP contribution in [0.3, 0.4) is 0 Å². The summed E-state index contributed by atoms with van der Waals surface area (Å²) in [5.74, 6) is 0. The quantitative estimate of drug-likeness (QED) is 0.546. The summed E-state index contributed by atoms with van der Waals surface area (Å²) in [5.41, 5.74) is 7.58. The van der Waals surface area contributed by atoms with Crippen molar-refractivity contribution in [1.82, 2.24) is 0 Å². The molecule has 0 aromatic heterocycles. The van der Waals surface area contributed by atoms with Crippen LogP contribution < -0.4 is 0 Å². The smallest absolute Gasteiger partial charge is 0.188 e. The molecule has 61 valence electrons. The molecule has 0 N–H and O–H groups in total. The molecule has 1 aromatic carbocycles. The normalized spacial score (nSPS) is 17.5. The molecule has 13 heavy (non-hydrogen) atoms. The Hall–Kier alpha value is -1.28. The van der Waals surface area contributed by atoms with Crippen LogP contribution >= 0.6 is 0 Å². The predicted octanol–water partition coefficient (Wildman–Crippen LogP) is 2.37. The van der Waals surface area contributed by atoms with E-state index < -0.39 is 0 Å². The summed E-state index contributed by atoms with van der Waals surface area (Å²) < 4.78 is 4.53. The van der Waals surface area contributed by atoms with E-state index in [1.165, 1.54) is 22.4 Å². The molecule has 1 aromatic rings. The first-order chi connectivity index (χ1) is 6.45. The number of rotatable bonds is 0. The lowest BCUT2D eigenvalue weighted by molar-refractivity contribution is 1.16. The molecule has 0 spiro atoms. The zero-order chi connectivity index (χ0) is 8.67. The summed E-state index contributed by atoms with van der Waals surface area (Å²) in [6, 6.07) is 8.58. The first-order valence-electron chi connectivity index (χ1n) is 4.39. The fourth-order valence-electron chi connectivity index (χ4n) is 1.89. The molecule has 2 heteroatoms. The lowest BCUT2D eigenvalue weighted by Gasteiger charge is -2.01. The van der Waals surface area contributed by atoms with E-state index in [2.05, 4.69) is 40.7 Å². The second-order valence-electron chi connectivity index (χ2n) is 3.27. The van der Waals surface area contributed by atoms with Crippen molar-refractivity contribution in [3.63, 3.8) is 0 Å². The number of fused-ring (bicyclic) bond motifs is 2. The van der Waals surface area contributed by atoms with Gasteiger partial charge in [0.2, 0.25) is 0 Å². The predicted molar refractivity (Wildman–Crippen MR) is 54.4 cm³/mol. The third-order valence-electron chi connectivity index (χ3n) is 2.50. The lowest BCUT2D eigenvalue weighted by Crippen LogP contribution is -1.85. The van der Waals surface area contributed by atoms with E-state index in [0.29, 0.717) is 9.31 Å². The summed E-state index contributed by atoms with van der Waals surface area (Å²) >= 11 is 0. The van der Waals surface area contributed by atoms with E-state index in [1.807, 2.05) is 0 Å². The Bertz CT molecular complexity index is 455. The van der Waals surface area contributed by atoms with Crippen LogP contribution in [0.15, 0.2) is 46.4 Å². The average Bonchev–Trinajstić information content (AvgIpc) is 2.56. The van der Waals surface area contributed by atoms with Crippen molar-refractivity contribution in [3.8, 4) is 0 Å². The van der Waals surface area contributed by atoms with Crippen LogP contribution in [0.4, 0.5) is 0 Å². The Labute approximate surface area is 79.4 Å². The summed E-state index contributed by atoms with van der Waals surface area (Å²) in [6.45, 7) is 0. The topological polar surface area (TPSA) is 12.4 Å². The lowest BCUT2D eigenvalue weighted by atomic mass is 10.1. The molecule has 1 radical (unpaired) electrons. The molecule has 0 fully saturated rings. The van der Waals surface area contributed by atoms with Crippen molar-refractivity contribution in [2.24, 2.45) is 4.63 Å². The third-order valence-corrected chi connectivity index (χ3v) is 3.22. The summed E-state index contributed by atoms with van der Waals surface area (Å²) in [7, 11) is 0.629. The van der Waals surface area contributed by atoms with Gasteiger partial charge in [-0.05, 0) is 11.1 Å². The summed E-state index contributed by atoms with van der Waals surface area (Å²) in [5, 5.41) is 0. The molecule has 0 saturated carbocycles. The molecular weight excluding hydrogens is 174 g/mol. The highest BCUT2D eigenvalue weighted by Gasteiger charge is 2.19. The Kier molecular flexibility index (Phi) is 1.43. The Morgan fingerprint density at radius 3 is 3.15 bits per heavy atom. The molecule has 0 bridgehead atoms. The maximum atomic E-state index is 4.53. The Morgan fingerprint density at radius 2 is 2.15 bits per heavy atom. The minimum absolute atomic E-state index is 0.629. The van der Waals surface area contributed by atoms with E-state index in [4.69, 9.17) is 0 Å². The second kappa shape index (κ2) is 2.60. The molecule has 0 amide bonds. The van der Waals surface area contributed by atoms with Gasteiger partial charge in [0.1, 0.15) is 0 Å². The highest BCUT2D eigenvalue weighted by atomic mass is 28.2. The fourth-order valence-corrected chi connectivity index (χ4v) is 2.56. The number of nitrogens with zero attached hydrogens (tertiary/aromatic N) is 1. The van der Waals surface area contributed by atoms with Crippen molar-refractivity contribution in [3.05, 3.63) is 52.9 Å². The van der Waals surface area contributed by atoms with E-state index >= 15 is 0 Å². The molecule has 2 aliphatic rings. The molecule has 0 unspecified atom stereocenters. The van der Waals surface area contributed by atoms with Crippen LogP contribution in [0.2, 0.25) is 0 Å². The first-order valence-corrected chi connectivity index (χ1v) is 5.42. The van der Waals surface area contributed by atoms with Crippen molar-refractivity contribution in [1.29, 1.82) is 0 Å². The number of hydrogen-bond acceptors (Lipinski definition) is 1. The minimum Gasteiger partial charge on any atom is -0.299 e. The molecule has 1 nitrogen and oxygen atoms in total. The van der Waals surface area contributed by atoms with Gasteiger partial charge in [0.15, 0.2) is 9.31 Å². The van der Waals surface area contributed by atoms with Gasteiger partial charge in [-0.25, -0.2) is 0 Å². The molecule has 0 atom stereocenters. The van der Waals surface area contributed by atoms with Crippen molar-refractivity contribution in [2.45, 2.75) is 6.42 Å². The molecular formula is C11H8NSi. The van der Waals surface area contributed by atoms with Crippen LogP contribution in [-0.4, -0.2) is 9.31 Å². The van der Waals surface area contributed by atoms with Crippen LogP contribution in [0.25, 0.3) is 5.57 Å². The second-order valence-corrected chi connectivity index (χ2v) is 4.08. The van der Waals surface area contributed by atoms with Crippen LogP contribution in [0.5, 0.6) is 0 Å². The van der Waals surface area contributed by atoms with Gasteiger partial charge in [-0.15, -0.1) is 0 Å². The number of benzene rings is 1. The largest absolute Gasteiger partial charge is 0.299 e. The van der Waals surface area contributed by atoms with E-state index in [9.17, 15) is 0 Å². The zero-order valence-electron chi connectivity index (χ0n) is 7.12. The average molecular weight is 182 g/mol. The van der Waals surface area contributed by atoms with Crippen molar-refractivity contribution < 1.29 is 0 Å². The van der Waals surface area contributed by atoms with Gasteiger partial charge in [-0.1, -0.05) is 36.0 Å². The molecule has 3 rings (SSSR count). The standard InChI is InChI=1S/C11H8NSi/c1-2-4-9-8(3-1)7-11-10(9)5-6-13-12-11/h1-6H,7H2. The Morgan fingerprint density at radius 1 is 1.23 bits per heavy atom. The van der Waals surface area contributed by atoms with Gasteiger partial charge in [0.05, 0.1) is 0 Å². The minimum atomic E-state index is 0.629. The van der Waals surface area contributed by atoms with Crippen LogP contribution in [0, 0.1) is 0 Å². The molecule has 0 saturated heterocycles. The summed E-state index contributed by atoms with van der Waals surface area (Å²) in [6.07, 6.45) is 3.25. The highest BCUT2D eigenvalue weighted by molar-refractivity contribution is 6.31. The van der Waals surface area contributed by atoms with E-state index in [1.54, 1.807) is 0 Å². The van der Waals surface area contributed by atoms with E-state index in [0.717, 1.165) is 6.42 Å². The SMILES string of the molecule is C1=CC2=C(Cc3ccccc32)N=[Si]1. The summed E-state index contributed by atoms with van der Waals surface area (Å²) in [4.78, 5) is 0. The zero-order valence-corrected chi connectivity index (χ0v) is 8.12. The van der Waals surface area contributed by atoms with Crippen molar-refractivity contribution >= 4 is 14.9 Å². The Balaban J connectivity index is 2.24. The molecule has 1 aliphatic carbocycles. The van der Waals surface area contributed by atoms with Gasteiger partial charge in [-0.2, -0.15) is 0 Å².